The van der Waals surface area contributed by atoms with Gasteiger partial charge in [-0.15, -0.1) is 11.6 Å². The summed E-state index contributed by atoms with van der Waals surface area (Å²) in [6.07, 6.45) is 0. The lowest BCUT2D eigenvalue weighted by atomic mass is 10.2. The molecule has 1 aromatic carbocycles. The van der Waals surface area contributed by atoms with E-state index in [2.05, 4.69) is 20.9 Å². The molecule has 0 fully saturated rings. The lowest BCUT2D eigenvalue weighted by Crippen LogP contribution is -2.21. The maximum absolute atomic E-state index is 12.0. The minimum Gasteiger partial charge on any atom is -0.464 e. The van der Waals surface area contributed by atoms with Gasteiger partial charge in [0.15, 0.2) is 0 Å². The summed E-state index contributed by atoms with van der Waals surface area (Å²) in [6, 6.07) is 5.29. The minimum absolute atomic E-state index is 0.284. The van der Waals surface area contributed by atoms with E-state index in [0.29, 0.717) is 12.4 Å². The maximum Gasteiger partial charge on any atom is 0.328 e. The van der Waals surface area contributed by atoms with E-state index in [4.69, 9.17) is 16.3 Å². The van der Waals surface area contributed by atoms with E-state index < -0.39 is 6.04 Å². The number of hydrogen-bond acceptors (Lipinski definition) is 3. The van der Waals surface area contributed by atoms with Gasteiger partial charge in [-0.2, -0.15) is 0 Å². The third-order valence-electron chi connectivity index (χ3n) is 3.05. The third-order valence-corrected chi connectivity index (χ3v) is 3.74. The minimum atomic E-state index is -0.461. The number of ether oxygens (including phenoxy) is 1. The summed E-state index contributed by atoms with van der Waals surface area (Å²) in [5.41, 5.74) is 1.68. The third kappa shape index (κ3) is 2.83. The molecule has 0 saturated heterocycles. The Balaban J connectivity index is 2.59. The number of alkyl halides is 1. The molecule has 0 bridgehead atoms. The summed E-state index contributed by atoms with van der Waals surface area (Å²) in [5, 5.41) is -0.293. The van der Waals surface area contributed by atoms with Crippen LogP contribution in [0.25, 0.3) is 11.0 Å². The standard InChI is InChI=1S/C14H16BrClN2O2/c1-4-20-14(19)9(3)18-12-6-5-10(15)7-11(12)17-13(18)8(2)16/h5-9H,4H2,1-3H3. The molecule has 0 saturated carbocycles. The predicted molar refractivity (Wildman–Crippen MR) is 83.0 cm³/mol. The Bertz CT molecular complexity index is 639. The molecule has 1 aromatic heterocycles. The van der Waals surface area contributed by atoms with E-state index in [1.54, 1.807) is 13.8 Å². The van der Waals surface area contributed by atoms with Gasteiger partial charge in [-0.3, -0.25) is 0 Å². The second-order valence-corrected chi connectivity index (χ2v) is 6.09. The predicted octanol–water partition coefficient (Wildman–Crippen LogP) is 4.22. The molecule has 0 spiro atoms. The number of nitrogens with zero attached hydrogens (tertiary/aromatic N) is 2. The Morgan fingerprint density at radius 1 is 1.50 bits per heavy atom. The summed E-state index contributed by atoms with van der Waals surface area (Å²) < 4.78 is 7.88. The van der Waals surface area contributed by atoms with E-state index >= 15 is 0 Å². The number of imidazole rings is 1. The monoisotopic (exact) mass is 358 g/mol. The zero-order valence-electron chi connectivity index (χ0n) is 11.6. The van der Waals surface area contributed by atoms with Crippen molar-refractivity contribution in [2.75, 3.05) is 6.61 Å². The Morgan fingerprint density at radius 3 is 2.80 bits per heavy atom. The van der Waals surface area contributed by atoms with Gasteiger partial charge in [0.05, 0.1) is 23.0 Å². The van der Waals surface area contributed by atoms with Crippen LogP contribution in [0.2, 0.25) is 0 Å². The van der Waals surface area contributed by atoms with Gasteiger partial charge in [-0.25, -0.2) is 9.78 Å². The number of aromatic nitrogens is 2. The van der Waals surface area contributed by atoms with E-state index in [-0.39, 0.29) is 11.3 Å². The molecule has 2 unspecified atom stereocenters. The Kier molecular flexibility index (Phi) is 4.70. The van der Waals surface area contributed by atoms with Crippen molar-refractivity contribution in [1.29, 1.82) is 0 Å². The average Bonchev–Trinajstić information content (AvgIpc) is 2.76. The zero-order valence-corrected chi connectivity index (χ0v) is 13.9. The molecule has 2 aromatic rings. The molecule has 0 aliphatic heterocycles. The topological polar surface area (TPSA) is 44.1 Å². The molecule has 6 heteroatoms. The summed E-state index contributed by atoms with van der Waals surface area (Å²) in [6.45, 7) is 5.78. The molecule has 0 aliphatic carbocycles. The fourth-order valence-electron chi connectivity index (χ4n) is 2.15. The van der Waals surface area contributed by atoms with Gasteiger partial charge in [0.2, 0.25) is 0 Å². The number of carbonyl (C=O) groups is 1. The molecule has 2 atom stereocenters. The highest BCUT2D eigenvalue weighted by molar-refractivity contribution is 9.10. The largest absolute Gasteiger partial charge is 0.464 e. The highest BCUT2D eigenvalue weighted by Crippen LogP contribution is 2.30. The van der Waals surface area contributed by atoms with Crippen LogP contribution in [-0.4, -0.2) is 22.1 Å². The van der Waals surface area contributed by atoms with E-state index in [1.807, 2.05) is 29.7 Å². The first kappa shape index (κ1) is 15.3. The van der Waals surface area contributed by atoms with Gasteiger partial charge in [0.1, 0.15) is 11.9 Å². The van der Waals surface area contributed by atoms with Gasteiger partial charge >= 0.3 is 5.97 Å². The highest BCUT2D eigenvalue weighted by atomic mass is 79.9. The van der Waals surface area contributed by atoms with Gasteiger partial charge in [-0.1, -0.05) is 15.9 Å². The zero-order chi connectivity index (χ0) is 14.9. The summed E-state index contributed by atoms with van der Waals surface area (Å²) >= 11 is 9.62. The highest BCUT2D eigenvalue weighted by Gasteiger charge is 2.24. The van der Waals surface area contributed by atoms with Crippen LogP contribution in [0.15, 0.2) is 22.7 Å². The molecule has 1 heterocycles. The van der Waals surface area contributed by atoms with Crippen molar-refractivity contribution in [3.05, 3.63) is 28.5 Å². The molecular formula is C14H16BrClN2O2. The number of carbonyl (C=O) groups excluding carboxylic acids is 1. The van der Waals surface area contributed by atoms with Crippen molar-refractivity contribution in [2.45, 2.75) is 32.2 Å². The Labute approximate surface area is 131 Å². The number of benzene rings is 1. The van der Waals surface area contributed by atoms with Crippen molar-refractivity contribution >= 4 is 44.5 Å². The van der Waals surface area contributed by atoms with Crippen molar-refractivity contribution in [2.24, 2.45) is 0 Å². The molecular weight excluding hydrogens is 344 g/mol. The van der Waals surface area contributed by atoms with Gasteiger partial charge < -0.3 is 9.30 Å². The molecule has 108 valence electrons. The van der Waals surface area contributed by atoms with Crippen molar-refractivity contribution in [3.8, 4) is 0 Å². The van der Waals surface area contributed by atoms with Crippen LogP contribution in [-0.2, 0) is 9.53 Å². The molecule has 0 amide bonds. The van der Waals surface area contributed by atoms with Crippen molar-refractivity contribution in [1.82, 2.24) is 9.55 Å². The first-order valence-corrected chi connectivity index (χ1v) is 7.66. The van der Waals surface area contributed by atoms with Crippen LogP contribution in [0.1, 0.15) is 38.0 Å². The van der Waals surface area contributed by atoms with Crippen LogP contribution >= 0.6 is 27.5 Å². The van der Waals surface area contributed by atoms with Gasteiger partial charge in [0.25, 0.3) is 0 Å². The van der Waals surface area contributed by atoms with Crippen LogP contribution < -0.4 is 0 Å². The second kappa shape index (κ2) is 6.14. The van der Waals surface area contributed by atoms with E-state index in [9.17, 15) is 4.79 Å². The van der Waals surface area contributed by atoms with E-state index in [0.717, 1.165) is 15.5 Å². The number of rotatable bonds is 4. The van der Waals surface area contributed by atoms with Crippen LogP contribution in [0.5, 0.6) is 0 Å². The summed E-state index contributed by atoms with van der Waals surface area (Å²) in [7, 11) is 0. The van der Waals surface area contributed by atoms with E-state index in [1.165, 1.54) is 0 Å². The van der Waals surface area contributed by atoms with Crippen LogP contribution in [0.4, 0.5) is 0 Å². The normalized spacial score (nSPS) is 14.2. The maximum atomic E-state index is 12.0. The first-order valence-electron chi connectivity index (χ1n) is 6.43. The van der Waals surface area contributed by atoms with Crippen LogP contribution in [0.3, 0.4) is 0 Å². The quantitative estimate of drug-likeness (QED) is 0.606. The molecule has 0 N–H and O–H groups in total. The number of halogens is 2. The second-order valence-electron chi connectivity index (χ2n) is 4.52. The Hall–Kier alpha value is -1.07. The number of fused-ring (bicyclic) bond motifs is 1. The lowest BCUT2D eigenvalue weighted by Gasteiger charge is -2.17. The smallest absolute Gasteiger partial charge is 0.328 e. The summed E-state index contributed by atoms with van der Waals surface area (Å²) in [5.74, 6) is 0.383. The molecule has 0 aliphatic rings. The number of hydrogen-bond donors (Lipinski definition) is 0. The van der Waals surface area contributed by atoms with Gasteiger partial charge in [-0.05, 0) is 39.0 Å². The van der Waals surface area contributed by atoms with Crippen molar-refractivity contribution in [3.63, 3.8) is 0 Å². The summed E-state index contributed by atoms with van der Waals surface area (Å²) in [4.78, 5) is 16.5. The number of esters is 1. The van der Waals surface area contributed by atoms with Crippen LogP contribution in [0, 0.1) is 0 Å². The fourth-order valence-corrected chi connectivity index (χ4v) is 2.65. The molecule has 0 radical (unpaired) electrons. The van der Waals surface area contributed by atoms with Crippen molar-refractivity contribution < 1.29 is 9.53 Å². The molecule has 2 rings (SSSR count). The average molecular weight is 360 g/mol. The molecule has 20 heavy (non-hydrogen) atoms. The molecule has 4 nitrogen and oxygen atoms in total. The Morgan fingerprint density at radius 2 is 2.20 bits per heavy atom. The fraction of sp³-hybridized carbons (Fsp3) is 0.429. The SMILES string of the molecule is CCOC(=O)C(C)n1c(C(C)Cl)nc2cc(Br)ccc21. The van der Waals surface area contributed by atoms with Gasteiger partial charge in [0, 0.05) is 4.47 Å². The lowest BCUT2D eigenvalue weighted by molar-refractivity contribution is -0.146. The first-order chi connectivity index (χ1) is 9.45.